The van der Waals surface area contributed by atoms with Crippen LogP contribution in [0.5, 0.6) is 0 Å². The molecule has 1 heterocycles. The van der Waals surface area contributed by atoms with E-state index >= 15 is 0 Å². The van der Waals surface area contributed by atoms with Crippen LogP contribution in [0, 0.1) is 11.7 Å². The van der Waals surface area contributed by atoms with Crippen molar-refractivity contribution in [1.82, 2.24) is 5.32 Å². The minimum Gasteiger partial charge on any atom is -0.423 e. The first-order valence-corrected chi connectivity index (χ1v) is 7.63. The first-order valence-electron chi connectivity index (χ1n) is 7.63. The Morgan fingerprint density at radius 1 is 1.23 bits per heavy atom. The highest BCUT2D eigenvalue weighted by Crippen LogP contribution is 2.24. The summed E-state index contributed by atoms with van der Waals surface area (Å²) >= 11 is 0. The number of carbonyl (C=O) groups excluding carboxylic acids is 1. The van der Waals surface area contributed by atoms with Gasteiger partial charge < -0.3 is 9.73 Å². The van der Waals surface area contributed by atoms with E-state index < -0.39 is 11.4 Å². The van der Waals surface area contributed by atoms with Crippen molar-refractivity contribution in [2.24, 2.45) is 5.92 Å². The molecule has 0 aliphatic heterocycles. The molecule has 1 saturated carbocycles. The van der Waals surface area contributed by atoms with E-state index in [1.165, 1.54) is 24.6 Å². The van der Waals surface area contributed by atoms with Gasteiger partial charge in [-0.25, -0.2) is 9.18 Å². The highest BCUT2D eigenvalue weighted by molar-refractivity contribution is 5.82. The van der Waals surface area contributed by atoms with Gasteiger partial charge in [0, 0.05) is 30.0 Å². The Kier molecular flexibility index (Phi) is 4.22. The average Bonchev–Trinajstić information content (AvgIpc) is 2.52. The molecule has 3 rings (SSSR count). The fraction of sp³-hybridized carbons (Fsp3) is 0.412. The van der Waals surface area contributed by atoms with E-state index in [4.69, 9.17) is 4.42 Å². The third kappa shape index (κ3) is 3.18. The van der Waals surface area contributed by atoms with E-state index in [1.54, 1.807) is 6.07 Å². The molecule has 0 spiro atoms. The van der Waals surface area contributed by atoms with Gasteiger partial charge >= 0.3 is 5.63 Å². The Morgan fingerprint density at radius 3 is 2.77 bits per heavy atom. The second-order valence-electron chi connectivity index (χ2n) is 5.78. The summed E-state index contributed by atoms with van der Waals surface area (Å²) in [4.78, 5) is 23.7. The summed E-state index contributed by atoms with van der Waals surface area (Å²) in [6, 6.07) is 5.41. The molecule has 0 bridgehead atoms. The maximum atomic E-state index is 13.2. The van der Waals surface area contributed by atoms with Crippen LogP contribution in [0.4, 0.5) is 4.39 Å². The zero-order valence-electron chi connectivity index (χ0n) is 12.2. The van der Waals surface area contributed by atoms with Crippen molar-refractivity contribution in [2.45, 2.75) is 38.6 Å². The van der Waals surface area contributed by atoms with Crippen molar-refractivity contribution in [3.8, 4) is 0 Å². The van der Waals surface area contributed by atoms with E-state index in [9.17, 15) is 14.0 Å². The van der Waals surface area contributed by atoms with Crippen LogP contribution < -0.4 is 10.9 Å². The van der Waals surface area contributed by atoms with Crippen LogP contribution in [0.2, 0.25) is 0 Å². The van der Waals surface area contributed by atoms with E-state index in [0.717, 1.165) is 25.7 Å². The summed E-state index contributed by atoms with van der Waals surface area (Å²) in [6.07, 6.45) is 5.23. The molecule has 22 heavy (non-hydrogen) atoms. The van der Waals surface area contributed by atoms with Crippen molar-refractivity contribution in [3.63, 3.8) is 0 Å². The minimum absolute atomic E-state index is 0.0307. The lowest BCUT2D eigenvalue weighted by Gasteiger charge is -2.20. The number of hydrogen-bond donors (Lipinski definition) is 1. The average molecular weight is 303 g/mol. The lowest BCUT2D eigenvalue weighted by Crippen LogP contribution is -2.31. The number of amides is 1. The van der Waals surface area contributed by atoms with Gasteiger partial charge in [0.2, 0.25) is 5.91 Å². The normalized spacial score (nSPS) is 15.9. The Bertz CT molecular complexity index is 747. The summed E-state index contributed by atoms with van der Waals surface area (Å²) in [6.45, 7) is 0.253. The van der Waals surface area contributed by atoms with Gasteiger partial charge in [0.05, 0.1) is 0 Å². The Balaban J connectivity index is 1.78. The fourth-order valence-electron chi connectivity index (χ4n) is 3.04. The maximum Gasteiger partial charge on any atom is 0.336 e. The van der Waals surface area contributed by atoms with Gasteiger partial charge in [0.1, 0.15) is 11.4 Å². The van der Waals surface area contributed by atoms with Crippen LogP contribution >= 0.6 is 0 Å². The van der Waals surface area contributed by atoms with Crippen molar-refractivity contribution in [1.29, 1.82) is 0 Å². The standard InChI is InChI=1S/C17H18FNO3/c18-13-6-7-14-12(8-16(20)22-15(14)9-13)10-19-17(21)11-4-2-1-3-5-11/h6-9,11H,1-5,10H2,(H,19,21). The molecule has 0 atom stereocenters. The van der Waals surface area contributed by atoms with Crippen LogP contribution in [0.1, 0.15) is 37.7 Å². The Hall–Kier alpha value is -2.17. The zero-order valence-corrected chi connectivity index (χ0v) is 12.2. The first kappa shape index (κ1) is 14.8. The van der Waals surface area contributed by atoms with Crippen LogP contribution in [-0.2, 0) is 11.3 Å². The SMILES string of the molecule is O=C(NCc1cc(=O)oc2cc(F)ccc12)C1CCCCC1. The van der Waals surface area contributed by atoms with Crippen molar-refractivity contribution in [3.05, 3.63) is 46.1 Å². The smallest absolute Gasteiger partial charge is 0.336 e. The third-order valence-corrected chi connectivity index (χ3v) is 4.22. The highest BCUT2D eigenvalue weighted by atomic mass is 19.1. The van der Waals surface area contributed by atoms with Gasteiger partial charge in [-0.05, 0) is 30.5 Å². The van der Waals surface area contributed by atoms with Crippen molar-refractivity contribution < 1.29 is 13.6 Å². The largest absolute Gasteiger partial charge is 0.423 e. The molecule has 1 fully saturated rings. The van der Waals surface area contributed by atoms with E-state index in [2.05, 4.69) is 5.32 Å². The number of hydrogen-bond acceptors (Lipinski definition) is 3. The van der Waals surface area contributed by atoms with E-state index in [0.29, 0.717) is 10.9 Å². The molecule has 1 aromatic carbocycles. The predicted octanol–water partition coefficient (Wildman–Crippen LogP) is 3.13. The number of benzene rings is 1. The molecule has 116 valence electrons. The molecule has 5 heteroatoms. The molecular weight excluding hydrogens is 285 g/mol. The van der Waals surface area contributed by atoms with Crippen LogP contribution in [0.15, 0.2) is 33.5 Å². The minimum atomic E-state index is -0.542. The van der Waals surface area contributed by atoms with Gasteiger partial charge in [0.15, 0.2) is 0 Å². The highest BCUT2D eigenvalue weighted by Gasteiger charge is 2.20. The molecule has 2 aromatic rings. The monoisotopic (exact) mass is 303 g/mol. The summed E-state index contributed by atoms with van der Waals surface area (Å²) in [5.74, 6) is -0.361. The Labute approximate surface area is 127 Å². The molecule has 4 nitrogen and oxygen atoms in total. The molecule has 1 aromatic heterocycles. The van der Waals surface area contributed by atoms with Gasteiger partial charge in [0.25, 0.3) is 0 Å². The van der Waals surface area contributed by atoms with E-state index in [1.807, 2.05) is 0 Å². The van der Waals surface area contributed by atoms with E-state index in [-0.39, 0.29) is 24.0 Å². The van der Waals surface area contributed by atoms with Crippen LogP contribution in [0.3, 0.4) is 0 Å². The van der Waals surface area contributed by atoms with Gasteiger partial charge in [-0.2, -0.15) is 0 Å². The summed E-state index contributed by atoms with van der Waals surface area (Å²) in [5, 5.41) is 3.53. The summed E-state index contributed by atoms with van der Waals surface area (Å²) in [5.41, 5.74) is 0.310. The molecule has 0 saturated heterocycles. The summed E-state index contributed by atoms with van der Waals surface area (Å²) in [7, 11) is 0. The number of nitrogens with one attached hydrogen (secondary N) is 1. The quantitative estimate of drug-likeness (QED) is 0.886. The third-order valence-electron chi connectivity index (χ3n) is 4.22. The second-order valence-corrected chi connectivity index (χ2v) is 5.78. The first-order chi connectivity index (χ1) is 10.6. The van der Waals surface area contributed by atoms with Crippen LogP contribution in [0.25, 0.3) is 11.0 Å². The topological polar surface area (TPSA) is 59.3 Å². The van der Waals surface area contributed by atoms with Crippen LogP contribution in [-0.4, -0.2) is 5.91 Å². The molecular formula is C17H18FNO3. The lowest BCUT2D eigenvalue weighted by atomic mass is 9.88. The molecule has 0 unspecified atom stereocenters. The fourth-order valence-corrected chi connectivity index (χ4v) is 3.04. The molecule has 0 radical (unpaired) electrons. The number of halogens is 1. The molecule has 1 N–H and O–H groups in total. The molecule has 1 aliphatic rings. The van der Waals surface area contributed by atoms with Gasteiger partial charge in [-0.15, -0.1) is 0 Å². The Morgan fingerprint density at radius 2 is 2.00 bits per heavy atom. The second kappa shape index (κ2) is 6.30. The number of carbonyl (C=O) groups is 1. The zero-order chi connectivity index (χ0) is 15.5. The number of fused-ring (bicyclic) bond motifs is 1. The predicted molar refractivity (Wildman–Crippen MR) is 80.9 cm³/mol. The van der Waals surface area contributed by atoms with Crippen molar-refractivity contribution >= 4 is 16.9 Å². The van der Waals surface area contributed by atoms with Crippen molar-refractivity contribution in [2.75, 3.05) is 0 Å². The number of rotatable bonds is 3. The lowest BCUT2D eigenvalue weighted by molar-refractivity contribution is -0.126. The molecule has 1 aliphatic carbocycles. The molecule has 1 amide bonds. The summed E-state index contributed by atoms with van der Waals surface area (Å²) < 4.78 is 18.2. The van der Waals surface area contributed by atoms with Gasteiger partial charge in [-0.1, -0.05) is 19.3 Å². The maximum absolute atomic E-state index is 13.2. The van der Waals surface area contributed by atoms with Gasteiger partial charge in [-0.3, -0.25) is 4.79 Å².